The Balaban J connectivity index is 1.82. The van der Waals surface area contributed by atoms with Gasteiger partial charge in [-0.25, -0.2) is 0 Å². The van der Waals surface area contributed by atoms with E-state index >= 15 is 0 Å². The van der Waals surface area contributed by atoms with Gasteiger partial charge in [-0.1, -0.05) is 18.5 Å². The van der Waals surface area contributed by atoms with Gasteiger partial charge < -0.3 is 10.1 Å². The number of hydrogen-bond acceptors (Lipinski definition) is 4. The second kappa shape index (κ2) is 7.73. The highest BCUT2D eigenvalue weighted by Crippen LogP contribution is 2.26. The minimum Gasteiger partial charge on any atom is -0.373 e. The first kappa shape index (κ1) is 16.2. The molecule has 0 radical (unpaired) electrons. The van der Waals surface area contributed by atoms with E-state index in [0.29, 0.717) is 17.7 Å². The van der Waals surface area contributed by atoms with E-state index in [1.165, 1.54) is 12.1 Å². The summed E-state index contributed by atoms with van der Waals surface area (Å²) >= 11 is 6.06. The average Bonchev–Trinajstić information content (AvgIpc) is 2.47. The molecule has 1 aromatic carbocycles. The van der Waals surface area contributed by atoms with Crippen LogP contribution < -0.4 is 5.32 Å². The Kier molecular flexibility index (Phi) is 5.96. The maximum absolute atomic E-state index is 10.7. The number of nitro groups is 1. The number of benzene rings is 1. The van der Waals surface area contributed by atoms with Crippen molar-refractivity contribution in [3.8, 4) is 0 Å². The topological polar surface area (TPSA) is 64.4 Å². The van der Waals surface area contributed by atoms with Crippen LogP contribution in [0, 0.1) is 10.1 Å². The van der Waals surface area contributed by atoms with Crippen molar-refractivity contribution >= 4 is 17.3 Å². The van der Waals surface area contributed by atoms with E-state index in [-0.39, 0.29) is 11.8 Å². The zero-order chi connectivity index (χ0) is 15.2. The first-order valence-electron chi connectivity index (χ1n) is 7.38. The SMILES string of the molecule is CCNC1CCC(OCc2ccc([N+](=O)[O-])cc2Cl)CC1. The van der Waals surface area contributed by atoms with E-state index in [9.17, 15) is 10.1 Å². The normalized spacial score (nSPS) is 22.2. The van der Waals surface area contributed by atoms with Gasteiger partial charge in [-0.05, 0) is 43.9 Å². The van der Waals surface area contributed by atoms with Crippen LogP contribution in [0.15, 0.2) is 18.2 Å². The third-order valence-electron chi connectivity index (χ3n) is 3.89. The van der Waals surface area contributed by atoms with Crippen LogP contribution in [0.1, 0.15) is 38.2 Å². The van der Waals surface area contributed by atoms with Crippen LogP contribution in [0.2, 0.25) is 5.02 Å². The van der Waals surface area contributed by atoms with Gasteiger partial charge >= 0.3 is 0 Å². The summed E-state index contributed by atoms with van der Waals surface area (Å²) in [5.74, 6) is 0. The Morgan fingerprint density at radius 2 is 2.10 bits per heavy atom. The fourth-order valence-electron chi connectivity index (χ4n) is 2.70. The highest BCUT2D eigenvalue weighted by molar-refractivity contribution is 6.31. The molecule has 0 spiro atoms. The standard InChI is InChI=1S/C15H21ClN2O3/c1-2-17-12-4-7-14(8-5-12)21-10-11-3-6-13(18(19)20)9-15(11)16/h3,6,9,12,14,17H,2,4-5,7-8,10H2,1H3. The maximum Gasteiger partial charge on any atom is 0.270 e. The molecule has 1 aliphatic carbocycles. The first-order chi connectivity index (χ1) is 10.1. The van der Waals surface area contributed by atoms with Crippen molar-refractivity contribution in [3.63, 3.8) is 0 Å². The minimum absolute atomic E-state index is 0.00916. The quantitative estimate of drug-likeness (QED) is 0.643. The van der Waals surface area contributed by atoms with Gasteiger partial charge in [0.2, 0.25) is 0 Å². The van der Waals surface area contributed by atoms with E-state index in [0.717, 1.165) is 37.8 Å². The summed E-state index contributed by atoms with van der Waals surface area (Å²) in [5.41, 5.74) is 0.811. The van der Waals surface area contributed by atoms with Gasteiger partial charge in [0.25, 0.3) is 5.69 Å². The van der Waals surface area contributed by atoms with Crippen LogP contribution in [0.4, 0.5) is 5.69 Å². The van der Waals surface area contributed by atoms with Crippen LogP contribution >= 0.6 is 11.6 Å². The average molecular weight is 313 g/mol. The van der Waals surface area contributed by atoms with Gasteiger partial charge in [-0.2, -0.15) is 0 Å². The molecule has 1 saturated carbocycles. The number of rotatable bonds is 6. The smallest absolute Gasteiger partial charge is 0.270 e. The second-order valence-electron chi connectivity index (χ2n) is 5.38. The highest BCUT2D eigenvalue weighted by atomic mass is 35.5. The zero-order valence-corrected chi connectivity index (χ0v) is 12.9. The monoisotopic (exact) mass is 312 g/mol. The number of nitrogens with one attached hydrogen (secondary N) is 1. The molecule has 0 atom stereocenters. The minimum atomic E-state index is -0.446. The fraction of sp³-hybridized carbons (Fsp3) is 0.600. The van der Waals surface area contributed by atoms with Crippen molar-refractivity contribution in [2.75, 3.05) is 6.54 Å². The lowest BCUT2D eigenvalue weighted by Gasteiger charge is -2.29. The maximum atomic E-state index is 10.7. The van der Waals surface area contributed by atoms with Crippen molar-refractivity contribution in [1.29, 1.82) is 0 Å². The van der Waals surface area contributed by atoms with Crippen LogP contribution in [-0.2, 0) is 11.3 Å². The largest absolute Gasteiger partial charge is 0.373 e. The molecule has 1 N–H and O–H groups in total. The summed E-state index contributed by atoms with van der Waals surface area (Å²) in [7, 11) is 0. The molecule has 2 rings (SSSR count). The summed E-state index contributed by atoms with van der Waals surface area (Å²) < 4.78 is 5.89. The van der Waals surface area contributed by atoms with Gasteiger partial charge in [0.1, 0.15) is 0 Å². The third-order valence-corrected chi connectivity index (χ3v) is 4.24. The Labute approximate surface area is 129 Å². The van der Waals surface area contributed by atoms with Crippen molar-refractivity contribution in [2.45, 2.75) is 51.4 Å². The molecule has 21 heavy (non-hydrogen) atoms. The number of non-ortho nitro benzene ring substituents is 1. The first-order valence-corrected chi connectivity index (χ1v) is 7.75. The molecule has 5 nitrogen and oxygen atoms in total. The molecule has 1 aromatic rings. The highest BCUT2D eigenvalue weighted by Gasteiger charge is 2.21. The molecule has 0 aliphatic heterocycles. The summed E-state index contributed by atoms with van der Waals surface area (Å²) in [6, 6.07) is 5.12. The Hall–Kier alpha value is -1.17. The molecule has 1 fully saturated rings. The molecule has 0 amide bonds. The number of hydrogen-bond donors (Lipinski definition) is 1. The molecule has 0 unspecified atom stereocenters. The molecule has 6 heteroatoms. The van der Waals surface area contributed by atoms with Gasteiger partial charge in [0, 0.05) is 18.2 Å². The Morgan fingerprint density at radius 1 is 1.38 bits per heavy atom. The van der Waals surface area contributed by atoms with E-state index in [2.05, 4.69) is 12.2 Å². The summed E-state index contributed by atoms with van der Waals surface area (Å²) in [5, 5.41) is 14.5. The lowest BCUT2D eigenvalue weighted by molar-refractivity contribution is -0.384. The molecule has 116 valence electrons. The summed E-state index contributed by atoms with van der Waals surface area (Å²) in [4.78, 5) is 10.2. The van der Waals surface area contributed by atoms with Crippen LogP contribution in [0.25, 0.3) is 0 Å². The lowest BCUT2D eigenvalue weighted by Crippen LogP contribution is -2.35. The Morgan fingerprint density at radius 3 is 2.67 bits per heavy atom. The van der Waals surface area contributed by atoms with Crippen molar-refractivity contribution in [2.24, 2.45) is 0 Å². The van der Waals surface area contributed by atoms with Crippen LogP contribution in [0.3, 0.4) is 0 Å². The van der Waals surface area contributed by atoms with Crippen LogP contribution in [-0.4, -0.2) is 23.6 Å². The van der Waals surface area contributed by atoms with Gasteiger partial charge in [0.05, 0.1) is 22.7 Å². The fourth-order valence-corrected chi connectivity index (χ4v) is 2.93. The molecule has 0 saturated heterocycles. The van der Waals surface area contributed by atoms with Gasteiger partial charge in [-0.15, -0.1) is 0 Å². The van der Waals surface area contributed by atoms with Gasteiger partial charge in [-0.3, -0.25) is 10.1 Å². The van der Waals surface area contributed by atoms with E-state index < -0.39 is 4.92 Å². The zero-order valence-electron chi connectivity index (χ0n) is 12.2. The molecule has 0 heterocycles. The van der Waals surface area contributed by atoms with E-state index in [1.807, 2.05) is 0 Å². The van der Waals surface area contributed by atoms with Gasteiger partial charge in [0.15, 0.2) is 0 Å². The van der Waals surface area contributed by atoms with E-state index in [1.54, 1.807) is 6.07 Å². The Bertz CT molecular complexity index is 488. The predicted molar refractivity (Wildman–Crippen MR) is 82.6 cm³/mol. The number of nitrogens with zero attached hydrogens (tertiary/aromatic N) is 1. The third kappa shape index (κ3) is 4.66. The molecular formula is C15H21ClN2O3. The summed E-state index contributed by atoms with van der Waals surface area (Å²) in [6.07, 6.45) is 4.61. The van der Waals surface area contributed by atoms with Crippen molar-refractivity contribution < 1.29 is 9.66 Å². The molecule has 0 aromatic heterocycles. The lowest BCUT2D eigenvalue weighted by atomic mass is 9.93. The van der Waals surface area contributed by atoms with Crippen LogP contribution in [0.5, 0.6) is 0 Å². The van der Waals surface area contributed by atoms with Crippen molar-refractivity contribution in [3.05, 3.63) is 38.9 Å². The second-order valence-corrected chi connectivity index (χ2v) is 5.78. The van der Waals surface area contributed by atoms with Crippen molar-refractivity contribution in [1.82, 2.24) is 5.32 Å². The predicted octanol–water partition coefficient (Wildman–Crippen LogP) is 3.69. The number of nitro benzene ring substituents is 1. The van der Waals surface area contributed by atoms with E-state index in [4.69, 9.17) is 16.3 Å². The summed E-state index contributed by atoms with van der Waals surface area (Å²) in [6.45, 7) is 3.54. The number of ether oxygens (including phenoxy) is 1. The molecule has 1 aliphatic rings. The number of halogens is 1. The molecular weight excluding hydrogens is 292 g/mol. The molecule has 0 bridgehead atoms.